The summed E-state index contributed by atoms with van der Waals surface area (Å²) in [5.41, 5.74) is 2.48. The lowest BCUT2D eigenvalue weighted by Crippen LogP contribution is -2.44. The second-order valence-corrected chi connectivity index (χ2v) is 7.46. The molecule has 1 aliphatic rings. The van der Waals surface area contributed by atoms with E-state index in [1.54, 1.807) is 0 Å². The van der Waals surface area contributed by atoms with Crippen LogP contribution in [-0.4, -0.2) is 22.5 Å². The molecule has 0 amide bonds. The third-order valence-electron chi connectivity index (χ3n) is 4.32. The molecule has 19 heavy (non-hydrogen) atoms. The van der Waals surface area contributed by atoms with E-state index in [1.807, 2.05) is 19.2 Å². The summed E-state index contributed by atoms with van der Waals surface area (Å²) in [5, 5.41) is 3.66. The van der Waals surface area contributed by atoms with Gasteiger partial charge in [-0.15, -0.1) is 0 Å². The quantitative estimate of drug-likeness (QED) is 0.918. The van der Waals surface area contributed by atoms with Gasteiger partial charge in [0.25, 0.3) is 0 Å². The van der Waals surface area contributed by atoms with Gasteiger partial charge in [-0.3, -0.25) is 4.21 Å². The fourth-order valence-electron chi connectivity index (χ4n) is 2.98. The van der Waals surface area contributed by atoms with E-state index in [4.69, 9.17) is 0 Å². The Morgan fingerprint density at radius 2 is 2.05 bits per heavy atom. The third kappa shape index (κ3) is 3.67. The van der Waals surface area contributed by atoms with Crippen LogP contribution in [0.1, 0.15) is 37.3 Å². The van der Waals surface area contributed by atoms with Gasteiger partial charge in [0.1, 0.15) is 0 Å². The van der Waals surface area contributed by atoms with E-state index in [-0.39, 0.29) is 0 Å². The summed E-state index contributed by atoms with van der Waals surface area (Å²) in [7, 11) is 1.22. The van der Waals surface area contributed by atoms with Gasteiger partial charge in [0, 0.05) is 22.6 Å². The molecule has 0 aromatic heterocycles. The van der Waals surface area contributed by atoms with Crippen LogP contribution >= 0.6 is 0 Å². The van der Waals surface area contributed by atoms with Gasteiger partial charge in [-0.25, -0.2) is 0 Å². The maximum Gasteiger partial charge on any atom is 0.0507 e. The van der Waals surface area contributed by atoms with Crippen LogP contribution in [0.5, 0.6) is 0 Å². The molecule has 0 bridgehead atoms. The van der Waals surface area contributed by atoms with Gasteiger partial charge in [-0.1, -0.05) is 31.2 Å². The van der Waals surface area contributed by atoms with Gasteiger partial charge < -0.3 is 5.32 Å². The molecule has 1 aliphatic carbocycles. The average Bonchev–Trinajstić information content (AvgIpc) is 2.41. The Hall–Kier alpha value is -0.670. The fourth-order valence-corrected chi connectivity index (χ4v) is 5.01. The highest BCUT2D eigenvalue weighted by molar-refractivity contribution is 7.84. The van der Waals surface area contributed by atoms with E-state index >= 15 is 0 Å². The molecule has 1 aromatic carbocycles. The molecule has 0 spiro atoms. The number of hydrogen-bond acceptors (Lipinski definition) is 2. The smallest absolute Gasteiger partial charge is 0.0507 e. The van der Waals surface area contributed by atoms with Crippen molar-refractivity contribution in [2.45, 2.75) is 50.2 Å². The lowest BCUT2D eigenvalue weighted by Gasteiger charge is -2.34. The first kappa shape index (κ1) is 14.7. The first-order chi connectivity index (χ1) is 9.11. The number of nitrogens with one attached hydrogen (secondary N) is 1. The van der Waals surface area contributed by atoms with Crippen molar-refractivity contribution in [2.75, 3.05) is 7.05 Å². The Morgan fingerprint density at radius 1 is 1.32 bits per heavy atom. The van der Waals surface area contributed by atoms with Crippen LogP contribution in [0, 0.1) is 12.8 Å². The van der Waals surface area contributed by atoms with Crippen LogP contribution in [0.15, 0.2) is 24.3 Å². The molecule has 2 nitrogen and oxygen atoms in total. The van der Waals surface area contributed by atoms with Crippen molar-refractivity contribution >= 4 is 10.8 Å². The molecular formula is C16H25NOS. The van der Waals surface area contributed by atoms with Gasteiger partial charge in [-0.2, -0.15) is 0 Å². The molecule has 1 aromatic rings. The van der Waals surface area contributed by atoms with Crippen molar-refractivity contribution in [1.82, 2.24) is 5.32 Å². The number of rotatable bonds is 4. The van der Waals surface area contributed by atoms with Crippen molar-refractivity contribution < 1.29 is 4.21 Å². The summed E-state index contributed by atoms with van der Waals surface area (Å²) >= 11 is 0. The molecule has 106 valence electrons. The number of aryl methyl sites for hydroxylation is 1. The first-order valence-electron chi connectivity index (χ1n) is 7.20. The zero-order valence-electron chi connectivity index (χ0n) is 12.2. The molecule has 0 saturated heterocycles. The van der Waals surface area contributed by atoms with Crippen LogP contribution in [0.4, 0.5) is 0 Å². The summed E-state index contributed by atoms with van der Waals surface area (Å²) in [6.07, 6.45) is 3.50. The molecule has 0 aliphatic heterocycles. The number of benzene rings is 1. The van der Waals surface area contributed by atoms with E-state index in [2.05, 4.69) is 31.3 Å². The standard InChI is InChI=1S/C16H25NOS/c1-12-8-9-15(17-3)16(10-12)19(18)11-14-7-5-4-6-13(14)2/h4-7,12,15-17H,8-11H2,1-3H3. The molecule has 1 fully saturated rings. The SMILES string of the molecule is CNC1CCC(C)CC1S(=O)Cc1ccccc1C. The van der Waals surface area contributed by atoms with Gasteiger partial charge in [-0.05, 0) is 50.3 Å². The van der Waals surface area contributed by atoms with E-state index < -0.39 is 10.8 Å². The molecule has 0 radical (unpaired) electrons. The van der Waals surface area contributed by atoms with Crippen LogP contribution in [-0.2, 0) is 16.6 Å². The fraction of sp³-hybridized carbons (Fsp3) is 0.625. The second-order valence-electron chi connectivity index (χ2n) is 5.80. The average molecular weight is 279 g/mol. The Labute approximate surface area is 119 Å². The van der Waals surface area contributed by atoms with Crippen molar-refractivity contribution in [1.29, 1.82) is 0 Å². The van der Waals surface area contributed by atoms with E-state index in [0.717, 1.165) is 12.8 Å². The lowest BCUT2D eigenvalue weighted by atomic mass is 9.87. The van der Waals surface area contributed by atoms with Crippen molar-refractivity contribution in [3.05, 3.63) is 35.4 Å². The van der Waals surface area contributed by atoms with E-state index in [9.17, 15) is 4.21 Å². The predicted octanol–water partition coefficient (Wildman–Crippen LogP) is 3.02. The second kappa shape index (κ2) is 6.67. The third-order valence-corrected chi connectivity index (χ3v) is 6.11. The minimum Gasteiger partial charge on any atom is -0.316 e. The van der Waals surface area contributed by atoms with Gasteiger partial charge in [0.05, 0.1) is 5.25 Å². The van der Waals surface area contributed by atoms with Gasteiger partial charge >= 0.3 is 0 Å². The Morgan fingerprint density at radius 3 is 2.74 bits per heavy atom. The Kier molecular flexibility index (Phi) is 5.17. The molecule has 4 unspecified atom stereocenters. The highest BCUT2D eigenvalue weighted by Crippen LogP contribution is 2.29. The highest BCUT2D eigenvalue weighted by atomic mass is 32.2. The zero-order valence-corrected chi connectivity index (χ0v) is 13.0. The summed E-state index contributed by atoms with van der Waals surface area (Å²) in [6, 6.07) is 8.71. The summed E-state index contributed by atoms with van der Waals surface area (Å²) in [4.78, 5) is 0. The maximum atomic E-state index is 12.7. The minimum absolute atomic E-state index is 0.299. The van der Waals surface area contributed by atoms with Crippen molar-refractivity contribution in [2.24, 2.45) is 5.92 Å². The molecule has 4 atom stereocenters. The molecule has 1 N–H and O–H groups in total. The summed E-state index contributed by atoms with van der Waals surface area (Å²) in [6.45, 7) is 4.38. The zero-order chi connectivity index (χ0) is 13.8. The largest absolute Gasteiger partial charge is 0.316 e. The minimum atomic E-state index is -0.781. The van der Waals surface area contributed by atoms with Crippen LogP contribution in [0.2, 0.25) is 0 Å². The van der Waals surface area contributed by atoms with Crippen molar-refractivity contribution in [3.8, 4) is 0 Å². The van der Waals surface area contributed by atoms with Crippen LogP contribution in [0.3, 0.4) is 0 Å². The first-order valence-corrected chi connectivity index (χ1v) is 8.59. The van der Waals surface area contributed by atoms with Gasteiger partial charge in [0.15, 0.2) is 0 Å². The molecule has 1 saturated carbocycles. The van der Waals surface area contributed by atoms with Crippen LogP contribution < -0.4 is 5.32 Å². The molecular weight excluding hydrogens is 254 g/mol. The topological polar surface area (TPSA) is 29.1 Å². The lowest BCUT2D eigenvalue weighted by molar-refractivity contribution is 0.324. The molecule has 2 rings (SSSR count). The molecule has 0 heterocycles. The maximum absolute atomic E-state index is 12.7. The molecule has 3 heteroatoms. The predicted molar refractivity (Wildman–Crippen MR) is 82.7 cm³/mol. The number of hydrogen-bond donors (Lipinski definition) is 1. The Bertz CT molecular complexity index is 446. The monoisotopic (exact) mass is 279 g/mol. The summed E-state index contributed by atoms with van der Waals surface area (Å²) < 4.78 is 12.7. The van der Waals surface area contributed by atoms with Gasteiger partial charge in [0.2, 0.25) is 0 Å². The Balaban J connectivity index is 2.07. The normalized spacial score (nSPS) is 29.1. The van der Waals surface area contributed by atoms with Crippen LogP contribution in [0.25, 0.3) is 0 Å². The van der Waals surface area contributed by atoms with Crippen molar-refractivity contribution in [3.63, 3.8) is 0 Å². The van der Waals surface area contributed by atoms with E-state index in [1.165, 1.54) is 17.5 Å². The van der Waals surface area contributed by atoms with E-state index in [0.29, 0.717) is 23.0 Å². The summed E-state index contributed by atoms with van der Waals surface area (Å²) in [5.74, 6) is 1.40. The highest BCUT2D eigenvalue weighted by Gasteiger charge is 2.31.